The Kier molecular flexibility index (Phi) is 2.10. The van der Waals surface area contributed by atoms with Crippen LogP contribution in [0.3, 0.4) is 0 Å². The third kappa shape index (κ3) is 1.10. The molecule has 2 nitrogen and oxygen atoms in total. The van der Waals surface area contributed by atoms with Gasteiger partial charge >= 0.3 is 0 Å². The minimum Gasteiger partial charge on any atom is -0.396 e. The van der Waals surface area contributed by atoms with Crippen molar-refractivity contribution in [2.45, 2.75) is 25.7 Å². The quantitative estimate of drug-likeness (QED) is 0.698. The number of rotatable bonds is 2. The minimum absolute atomic E-state index is 0.385. The van der Waals surface area contributed by atoms with Gasteiger partial charge in [0.25, 0.3) is 0 Å². The van der Waals surface area contributed by atoms with Crippen LogP contribution in [0.5, 0.6) is 0 Å². The first kappa shape index (κ1) is 9.17. The molecule has 0 spiro atoms. The van der Waals surface area contributed by atoms with Crippen molar-refractivity contribution >= 4 is 0 Å². The number of hydrogen-bond acceptors (Lipinski definition) is 2. The maximum absolute atomic E-state index is 9.28. The fourth-order valence-corrected chi connectivity index (χ4v) is 4.68. The summed E-state index contributed by atoms with van der Waals surface area (Å²) in [4.78, 5) is 0. The van der Waals surface area contributed by atoms with E-state index >= 15 is 0 Å². The molecule has 80 valence electrons. The van der Waals surface area contributed by atoms with E-state index in [1.54, 1.807) is 0 Å². The van der Waals surface area contributed by atoms with Crippen LogP contribution in [0.15, 0.2) is 0 Å². The van der Waals surface area contributed by atoms with E-state index in [-0.39, 0.29) is 0 Å². The molecule has 4 unspecified atom stereocenters. The lowest BCUT2D eigenvalue weighted by Gasteiger charge is -2.30. The number of aliphatic hydroxyl groups is 2. The summed E-state index contributed by atoms with van der Waals surface area (Å²) in [6, 6.07) is 0. The van der Waals surface area contributed by atoms with Crippen molar-refractivity contribution < 1.29 is 10.2 Å². The average molecular weight is 196 g/mol. The first-order valence-corrected chi connectivity index (χ1v) is 6.05. The van der Waals surface area contributed by atoms with Crippen LogP contribution in [0.1, 0.15) is 25.7 Å². The van der Waals surface area contributed by atoms with Crippen molar-refractivity contribution in [2.24, 2.45) is 35.5 Å². The van der Waals surface area contributed by atoms with Crippen LogP contribution >= 0.6 is 0 Å². The fraction of sp³-hybridized carbons (Fsp3) is 1.00. The van der Waals surface area contributed by atoms with E-state index < -0.39 is 0 Å². The Morgan fingerprint density at radius 3 is 2.29 bits per heavy atom. The molecule has 14 heavy (non-hydrogen) atoms. The molecule has 2 N–H and O–H groups in total. The summed E-state index contributed by atoms with van der Waals surface area (Å²) in [6.07, 6.45) is 5.14. The largest absolute Gasteiger partial charge is 0.396 e. The molecule has 0 aromatic heterocycles. The molecular formula is C12H20O2. The SMILES string of the molecule is OC[C@@H]1CC2C3CC(C2C1)[C@H](CO)C3. The van der Waals surface area contributed by atoms with Gasteiger partial charge in [0.1, 0.15) is 0 Å². The van der Waals surface area contributed by atoms with Crippen LogP contribution in [0, 0.1) is 35.5 Å². The van der Waals surface area contributed by atoms with Crippen molar-refractivity contribution in [1.29, 1.82) is 0 Å². The molecule has 0 heterocycles. The van der Waals surface area contributed by atoms with E-state index in [1.807, 2.05) is 0 Å². The Morgan fingerprint density at radius 1 is 0.786 bits per heavy atom. The lowest BCUT2D eigenvalue weighted by molar-refractivity contribution is 0.120. The van der Waals surface area contributed by atoms with Gasteiger partial charge in [0.15, 0.2) is 0 Å². The van der Waals surface area contributed by atoms with Gasteiger partial charge in [-0.05, 0) is 61.2 Å². The summed E-state index contributed by atoms with van der Waals surface area (Å²) in [6.45, 7) is 0.782. The van der Waals surface area contributed by atoms with Crippen LogP contribution in [0.25, 0.3) is 0 Å². The topological polar surface area (TPSA) is 40.5 Å². The Bertz CT molecular complexity index is 226. The van der Waals surface area contributed by atoms with Crippen molar-refractivity contribution in [1.82, 2.24) is 0 Å². The Morgan fingerprint density at radius 2 is 1.57 bits per heavy atom. The summed E-state index contributed by atoms with van der Waals surface area (Å²) in [5, 5.41) is 18.5. The Hall–Kier alpha value is -0.0800. The smallest absolute Gasteiger partial charge is 0.0462 e. The minimum atomic E-state index is 0.385. The van der Waals surface area contributed by atoms with Crippen molar-refractivity contribution in [3.63, 3.8) is 0 Å². The van der Waals surface area contributed by atoms with Crippen molar-refractivity contribution in [3.8, 4) is 0 Å². The number of aliphatic hydroxyl groups excluding tert-OH is 2. The zero-order valence-electron chi connectivity index (χ0n) is 8.60. The molecule has 0 saturated heterocycles. The predicted molar refractivity (Wildman–Crippen MR) is 53.6 cm³/mol. The van der Waals surface area contributed by atoms with Gasteiger partial charge in [0.2, 0.25) is 0 Å². The molecule has 3 rings (SSSR count). The van der Waals surface area contributed by atoms with Gasteiger partial charge in [-0.15, -0.1) is 0 Å². The molecule has 3 aliphatic rings. The van der Waals surface area contributed by atoms with E-state index in [1.165, 1.54) is 25.7 Å². The van der Waals surface area contributed by atoms with Gasteiger partial charge in [0.05, 0.1) is 0 Å². The van der Waals surface area contributed by atoms with Gasteiger partial charge in [-0.3, -0.25) is 0 Å². The van der Waals surface area contributed by atoms with Gasteiger partial charge in [-0.25, -0.2) is 0 Å². The summed E-state index contributed by atoms with van der Waals surface area (Å²) in [5.41, 5.74) is 0. The average Bonchev–Trinajstić information content (AvgIpc) is 2.87. The molecule has 3 aliphatic carbocycles. The highest BCUT2D eigenvalue weighted by molar-refractivity contribution is 5.04. The molecule has 0 aliphatic heterocycles. The molecule has 0 radical (unpaired) electrons. The molecule has 3 saturated carbocycles. The van der Waals surface area contributed by atoms with Gasteiger partial charge in [-0.2, -0.15) is 0 Å². The lowest BCUT2D eigenvalue weighted by atomic mass is 9.76. The Balaban J connectivity index is 1.75. The van der Waals surface area contributed by atoms with Crippen LogP contribution in [0.4, 0.5) is 0 Å². The van der Waals surface area contributed by atoms with Gasteiger partial charge in [-0.1, -0.05) is 0 Å². The first-order chi connectivity index (χ1) is 6.83. The molecule has 0 amide bonds. The number of hydrogen-bond donors (Lipinski definition) is 2. The monoisotopic (exact) mass is 196 g/mol. The first-order valence-electron chi connectivity index (χ1n) is 6.05. The van der Waals surface area contributed by atoms with Crippen LogP contribution in [-0.4, -0.2) is 23.4 Å². The second-order valence-corrected chi connectivity index (χ2v) is 5.69. The Labute approximate surface area is 85.3 Å². The van der Waals surface area contributed by atoms with E-state index in [2.05, 4.69) is 0 Å². The van der Waals surface area contributed by atoms with E-state index in [9.17, 15) is 10.2 Å². The zero-order chi connectivity index (χ0) is 9.71. The molecule has 3 fully saturated rings. The van der Waals surface area contributed by atoms with Crippen molar-refractivity contribution in [2.75, 3.05) is 13.2 Å². The lowest BCUT2D eigenvalue weighted by Crippen LogP contribution is -2.26. The summed E-state index contributed by atoms with van der Waals surface area (Å²) in [5.74, 6) is 4.61. The molecule has 2 bridgehead atoms. The second-order valence-electron chi connectivity index (χ2n) is 5.69. The van der Waals surface area contributed by atoms with E-state index in [0.29, 0.717) is 25.0 Å². The van der Waals surface area contributed by atoms with Gasteiger partial charge < -0.3 is 10.2 Å². The molecule has 0 aromatic carbocycles. The van der Waals surface area contributed by atoms with Crippen LogP contribution in [0.2, 0.25) is 0 Å². The third-order valence-electron chi connectivity index (χ3n) is 5.20. The summed E-state index contributed by atoms with van der Waals surface area (Å²) >= 11 is 0. The summed E-state index contributed by atoms with van der Waals surface area (Å²) in [7, 11) is 0. The van der Waals surface area contributed by atoms with Crippen LogP contribution in [-0.2, 0) is 0 Å². The highest BCUT2D eigenvalue weighted by atomic mass is 16.3. The maximum atomic E-state index is 9.28. The van der Waals surface area contributed by atoms with Crippen LogP contribution < -0.4 is 0 Å². The van der Waals surface area contributed by atoms with E-state index in [0.717, 1.165) is 23.7 Å². The molecule has 2 heteroatoms. The third-order valence-corrected chi connectivity index (χ3v) is 5.20. The highest BCUT2D eigenvalue weighted by Gasteiger charge is 2.55. The van der Waals surface area contributed by atoms with E-state index in [4.69, 9.17) is 0 Å². The maximum Gasteiger partial charge on any atom is 0.0462 e. The predicted octanol–water partition coefficient (Wildman–Crippen LogP) is 1.27. The normalized spacial score (nSPS) is 55.3. The van der Waals surface area contributed by atoms with Crippen molar-refractivity contribution in [3.05, 3.63) is 0 Å². The standard InChI is InChI=1S/C12H20O2/c13-5-7-1-10-8-3-9(6-14)11(4-8)12(10)2-7/h7-14H,1-6H2/t7-,8?,9+,10?,11?,12?/m1/s1. The summed E-state index contributed by atoms with van der Waals surface area (Å²) < 4.78 is 0. The molecule has 0 aromatic rings. The zero-order valence-corrected chi connectivity index (χ0v) is 8.60. The number of fused-ring (bicyclic) bond motifs is 5. The fourth-order valence-electron chi connectivity index (χ4n) is 4.68. The second kappa shape index (κ2) is 3.21. The highest BCUT2D eigenvalue weighted by Crippen LogP contribution is 2.61. The molecule has 6 atom stereocenters. The molecular weight excluding hydrogens is 176 g/mol. The van der Waals surface area contributed by atoms with Gasteiger partial charge in [0, 0.05) is 13.2 Å².